The monoisotopic (exact) mass is 458 g/mol. The Kier molecular flexibility index (Phi) is 6.62. The number of aromatic nitrogens is 2. The van der Waals surface area contributed by atoms with E-state index in [1.807, 2.05) is 29.7 Å². The molecule has 1 atom stereocenters. The van der Waals surface area contributed by atoms with Gasteiger partial charge in [-0.1, -0.05) is 0 Å². The van der Waals surface area contributed by atoms with Gasteiger partial charge in [-0.05, 0) is 69.0 Å². The van der Waals surface area contributed by atoms with Crippen LogP contribution in [0.15, 0.2) is 30.5 Å². The lowest BCUT2D eigenvalue weighted by Gasteiger charge is -2.31. The van der Waals surface area contributed by atoms with Gasteiger partial charge in [0.15, 0.2) is 0 Å². The Morgan fingerprint density at radius 1 is 1.27 bits per heavy atom. The summed E-state index contributed by atoms with van der Waals surface area (Å²) in [5, 5.41) is 12.5. The summed E-state index contributed by atoms with van der Waals surface area (Å²) < 4.78 is 37.0. The summed E-state index contributed by atoms with van der Waals surface area (Å²) in [6, 6.07) is 6.07. The first kappa shape index (κ1) is 23.1. The van der Waals surface area contributed by atoms with E-state index in [9.17, 15) is 9.90 Å². The van der Waals surface area contributed by atoms with Gasteiger partial charge in [-0.3, -0.25) is 5.32 Å². The van der Waals surface area contributed by atoms with Gasteiger partial charge in [0.25, 0.3) is 0 Å². The number of aliphatic hydroxyl groups is 1. The van der Waals surface area contributed by atoms with Gasteiger partial charge >= 0.3 is 6.09 Å². The number of nitrogens with zero attached hydrogens (tertiary/aromatic N) is 3. The van der Waals surface area contributed by atoms with E-state index in [0.29, 0.717) is 25.2 Å². The topological polar surface area (TPSA) is 79.1 Å². The van der Waals surface area contributed by atoms with Gasteiger partial charge in [-0.2, -0.15) is 0 Å². The van der Waals surface area contributed by atoms with Gasteiger partial charge in [0.1, 0.15) is 23.5 Å². The van der Waals surface area contributed by atoms with Gasteiger partial charge < -0.3 is 19.1 Å². The number of halogens is 2. The summed E-state index contributed by atoms with van der Waals surface area (Å²) in [5.74, 6) is -1.33. The summed E-state index contributed by atoms with van der Waals surface area (Å²) >= 11 is 0. The SMILES string of the molecule is CNC(O)c1cc(F)c(-c2nc3cc(C)ccn3c2CC2CCN(C(=O)OC)CC2)c(F)c1. The number of methoxy groups -OCH3 is 1. The normalized spacial score (nSPS) is 15.8. The number of benzene rings is 1. The number of aliphatic hydroxyl groups excluding tert-OH is 1. The van der Waals surface area contributed by atoms with Crippen molar-refractivity contribution in [2.45, 2.75) is 32.4 Å². The molecule has 1 saturated heterocycles. The van der Waals surface area contributed by atoms with Crippen LogP contribution in [-0.2, 0) is 11.2 Å². The average molecular weight is 459 g/mol. The number of likely N-dealkylation sites (tertiary alicyclic amines) is 1. The highest BCUT2D eigenvalue weighted by molar-refractivity contribution is 5.69. The number of piperidine rings is 1. The molecule has 0 saturated carbocycles. The number of rotatable bonds is 5. The van der Waals surface area contributed by atoms with Crippen LogP contribution in [0.3, 0.4) is 0 Å². The predicted molar refractivity (Wildman–Crippen MR) is 120 cm³/mol. The molecule has 1 amide bonds. The van der Waals surface area contributed by atoms with Gasteiger partial charge in [0, 0.05) is 24.8 Å². The number of hydrogen-bond acceptors (Lipinski definition) is 5. The zero-order valence-corrected chi connectivity index (χ0v) is 18.9. The van der Waals surface area contributed by atoms with Crippen LogP contribution in [0.5, 0.6) is 0 Å². The zero-order chi connectivity index (χ0) is 23.7. The molecular weight excluding hydrogens is 430 g/mol. The Balaban J connectivity index is 1.73. The van der Waals surface area contributed by atoms with Crippen LogP contribution in [0.2, 0.25) is 0 Å². The van der Waals surface area contributed by atoms with Crippen LogP contribution in [-0.4, -0.2) is 52.7 Å². The van der Waals surface area contributed by atoms with Crippen molar-refractivity contribution in [2.75, 3.05) is 27.2 Å². The number of imidazole rings is 1. The van der Waals surface area contributed by atoms with E-state index < -0.39 is 17.9 Å². The van der Waals surface area contributed by atoms with Crippen LogP contribution in [0.25, 0.3) is 16.9 Å². The predicted octanol–water partition coefficient (Wildman–Crippen LogP) is 3.82. The van der Waals surface area contributed by atoms with Gasteiger partial charge in [0.05, 0.1) is 24.1 Å². The van der Waals surface area contributed by atoms with Crippen molar-refractivity contribution in [1.82, 2.24) is 19.6 Å². The van der Waals surface area contributed by atoms with Crippen molar-refractivity contribution in [3.63, 3.8) is 0 Å². The third kappa shape index (κ3) is 4.56. The second kappa shape index (κ2) is 9.44. The molecule has 1 fully saturated rings. The second-order valence-corrected chi connectivity index (χ2v) is 8.49. The van der Waals surface area contributed by atoms with Crippen molar-refractivity contribution < 1.29 is 23.4 Å². The van der Waals surface area contributed by atoms with E-state index in [2.05, 4.69) is 10.3 Å². The summed E-state index contributed by atoms with van der Waals surface area (Å²) in [7, 11) is 2.87. The maximum Gasteiger partial charge on any atom is 0.409 e. The van der Waals surface area contributed by atoms with E-state index in [-0.39, 0.29) is 28.8 Å². The zero-order valence-electron chi connectivity index (χ0n) is 18.9. The molecule has 3 heterocycles. The first-order chi connectivity index (χ1) is 15.8. The molecule has 1 aromatic carbocycles. The average Bonchev–Trinajstić information content (AvgIpc) is 3.14. The van der Waals surface area contributed by atoms with Gasteiger partial charge in [0.2, 0.25) is 0 Å². The fourth-order valence-corrected chi connectivity index (χ4v) is 4.46. The number of carbonyl (C=O) groups excluding carboxylic acids is 1. The number of amides is 1. The number of ether oxygens (including phenoxy) is 1. The van der Waals surface area contributed by atoms with Crippen LogP contribution in [0.1, 0.15) is 35.9 Å². The third-order valence-electron chi connectivity index (χ3n) is 6.30. The largest absolute Gasteiger partial charge is 0.453 e. The molecule has 1 unspecified atom stereocenters. The molecule has 2 N–H and O–H groups in total. The quantitative estimate of drug-likeness (QED) is 0.569. The van der Waals surface area contributed by atoms with Crippen LogP contribution < -0.4 is 5.32 Å². The summed E-state index contributed by atoms with van der Waals surface area (Å²) in [5.41, 5.74) is 2.49. The maximum atomic E-state index is 15.2. The Bertz CT molecular complexity index is 1150. The molecule has 0 aliphatic carbocycles. The molecule has 4 rings (SSSR count). The fourth-order valence-electron chi connectivity index (χ4n) is 4.46. The maximum absolute atomic E-state index is 15.2. The van der Waals surface area contributed by atoms with E-state index in [1.165, 1.54) is 14.2 Å². The third-order valence-corrected chi connectivity index (χ3v) is 6.30. The molecular formula is C24H28F2N4O3. The molecule has 33 heavy (non-hydrogen) atoms. The number of nitrogens with one attached hydrogen (secondary N) is 1. The lowest BCUT2D eigenvalue weighted by molar-refractivity contribution is 0.106. The highest BCUT2D eigenvalue weighted by Crippen LogP contribution is 2.34. The molecule has 0 bridgehead atoms. The fraction of sp³-hybridized carbons (Fsp3) is 0.417. The first-order valence-electron chi connectivity index (χ1n) is 11.0. The van der Waals surface area contributed by atoms with Crippen LogP contribution in [0.4, 0.5) is 13.6 Å². The molecule has 1 aliphatic rings. The summed E-state index contributed by atoms with van der Waals surface area (Å²) in [6.07, 6.45) is 2.43. The molecule has 9 heteroatoms. The molecule has 7 nitrogen and oxygen atoms in total. The smallest absolute Gasteiger partial charge is 0.409 e. The number of aryl methyl sites for hydroxylation is 1. The number of hydrogen-bond donors (Lipinski definition) is 2. The molecule has 1 aliphatic heterocycles. The Labute approximate surface area is 191 Å². The van der Waals surface area contributed by atoms with E-state index in [4.69, 9.17) is 4.74 Å². The first-order valence-corrected chi connectivity index (χ1v) is 11.0. The Morgan fingerprint density at radius 2 is 1.94 bits per heavy atom. The minimum atomic E-state index is -1.17. The van der Waals surface area contributed by atoms with Gasteiger partial charge in [-0.15, -0.1) is 0 Å². The van der Waals surface area contributed by atoms with E-state index in [1.54, 1.807) is 4.90 Å². The summed E-state index contributed by atoms with van der Waals surface area (Å²) in [6.45, 7) is 3.08. The molecule has 3 aromatic rings. The number of fused-ring (bicyclic) bond motifs is 1. The standard InChI is InChI=1S/C24H28F2N4O3/c1-14-4-9-30-19(11-15-5-7-29(8-6-15)24(32)33-3)22(28-20(30)10-14)21-17(25)12-16(13-18(21)26)23(31)27-2/h4,9-10,12-13,15,23,27,31H,5-8,11H2,1-3H3. The lowest BCUT2D eigenvalue weighted by atomic mass is 9.90. The molecule has 176 valence electrons. The lowest BCUT2D eigenvalue weighted by Crippen LogP contribution is -2.38. The van der Waals surface area contributed by atoms with Crippen molar-refractivity contribution in [1.29, 1.82) is 0 Å². The Morgan fingerprint density at radius 3 is 2.55 bits per heavy atom. The van der Waals surface area contributed by atoms with Crippen LogP contribution >= 0.6 is 0 Å². The van der Waals surface area contributed by atoms with E-state index >= 15 is 8.78 Å². The minimum absolute atomic E-state index is 0.104. The second-order valence-electron chi connectivity index (χ2n) is 8.49. The van der Waals surface area contributed by atoms with Crippen molar-refractivity contribution in [3.05, 3.63) is 58.9 Å². The van der Waals surface area contributed by atoms with Crippen molar-refractivity contribution >= 4 is 11.7 Å². The molecule has 0 spiro atoms. The van der Waals surface area contributed by atoms with Crippen LogP contribution in [0, 0.1) is 24.5 Å². The summed E-state index contributed by atoms with van der Waals surface area (Å²) in [4.78, 5) is 18.1. The Hall–Kier alpha value is -3.04. The highest BCUT2D eigenvalue weighted by Gasteiger charge is 2.28. The molecule has 0 radical (unpaired) electrons. The van der Waals surface area contributed by atoms with Crippen molar-refractivity contribution in [3.8, 4) is 11.3 Å². The molecule has 2 aromatic heterocycles. The number of pyridine rings is 1. The van der Waals surface area contributed by atoms with Crippen molar-refractivity contribution in [2.24, 2.45) is 5.92 Å². The minimum Gasteiger partial charge on any atom is -0.453 e. The van der Waals surface area contributed by atoms with Gasteiger partial charge in [-0.25, -0.2) is 18.6 Å². The number of carbonyl (C=O) groups is 1. The van der Waals surface area contributed by atoms with E-state index in [0.717, 1.165) is 36.2 Å². The highest BCUT2D eigenvalue weighted by atomic mass is 19.1.